The molecule has 0 bridgehead atoms. The van der Waals surface area contributed by atoms with Crippen LogP contribution in [0.4, 0.5) is 26.3 Å². The van der Waals surface area contributed by atoms with E-state index >= 15 is 0 Å². The predicted molar refractivity (Wildman–Crippen MR) is 97.4 cm³/mol. The van der Waals surface area contributed by atoms with Crippen molar-refractivity contribution >= 4 is 40.4 Å². The minimum Gasteiger partial charge on any atom is -0.309 e. The second-order valence-electron chi connectivity index (χ2n) is 7.61. The van der Waals surface area contributed by atoms with Crippen LogP contribution in [0, 0.1) is 0 Å². The standard InChI is InChI=1S/C14H21ClF6NPSi2/c1-24(2,3)22(25(4,5)6)23(15)12-10(13(16,17)18)8-7-9-11(12)14(19,20)21/h7-9H,1-6H3. The van der Waals surface area contributed by atoms with Crippen LogP contribution < -0.4 is 5.30 Å². The molecule has 0 N–H and O–H groups in total. The van der Waals surface area contributed by atoms with E-state index in [9.17, 15) is 26.3 Å². The molecule has 1 rings (SSSR count). The maximum Gasteiger partial charge on any atom is 0.417 e. The van der Waals surface area contributed by atoms with E-state index in [1.54, 1.807) is 4.00 Å². The summed E-state index contributed by atoms with van der Waals surface area (Å²) in [6.45, 7) is 11.3. The lowest BCUT2D eigenvalue weighted by Gasteiger charge is -2.46. The lowest BCUT2D eigenvalue weighted by atomic mass is 10.1. The Kier molecular flexibility index (Phi) is 6.56. The van der Waals surface area contributed by atoms with Crippen LogP contribution in [0.3, 0.4) is 0 Å². The molecule has 0 heterocycles. The molecule has 0 aliphatic heterocycles. The third-order valence-corrected chi connectivity index (χ3v) is 17.6. The highest BCUT2D eigenvalue weighted by molar-refractivity contribution is 7.90. The zero-order chi connectivity index (χ0) is 20.0. The van der Waals surface area contributed by atoms with Crippen molar-refractivity contribution in [2.24, 2.45) is 0 Å². The molecule has 0 fully saturated rings. The topological polar surface area (TPSA) is 3.24 Å². The fourth-order valence-corrected chi connectivity index (χ4v) is 21.3. The Bertz CT molecular complexity index is 575. The van der Waals surface area contributed by atoms with Crippen molar-refractivity contribution in [2.75, 3.05) is 0 Å². The summed E-state index contributed by atoms with van der Waals surface area (Å²) in [6.07, 6.45) is -9.81. The first-order valence-electron chi connectivity index (χ1n) is 7.42. The lowest BCUT2D eigenvalue weighted by Crippen LogP contribution is -2.56. The van der Waals surface area contributed by atoms with Crippen molar-refractivity contribution < 1.29 is 26.3 Å². The molecule has 0 aliphatic rings. The number of benzene rings is 1. The normalized spacial score (nSPS) is 15.6. The molecule has 0 spiro atoms. The van der Waals surface area contributed by atoms with Crippen molar-refractivity contribution in [3.05, 3.63) is 29.3 Å². The third kappa shape index (κ3) is 5.45. The summed E-state index contributed by atoms with van der Waals surface area (Å²) in [4.78, 5) is 0. The van der Waals surface area contributed by atoms with E-state index in [0.29, 0.717) is 12.1 Å². The van der Waals surface area contributed by atoms with Crippen LogP contribution in [0.15, 0.2) is 18.2 Å². The van der Waals surface area contributed by atoms with E-state index in [-0.39, 0.29) is 0 Å². The maximum atomic E-state index is 13.4. The minimum atomic E-state index is -4.91. The fourth-order valence-electron chi connectivity index (χ4n) is 2.83. The molecular weight excluding hydrogens is 419 g/mol. The predicted octanol–water partition coefficient (Wildman–Crippen LogP) is 6.87. The Morgan fingerprint density at radius 3 is 1.36 bits per heavy atom. The summed E-state index contributed by atoms with van der Waals surface area (Å²) in [5.41, 5.74) is -2.60. The smallest absolute Gasteiger partial charge is 0.309 e. The summed E-state index contributed by atoms with van der Waals surface area (Å²) >= 11 is 6.42. The zero-order valence-corrected chi connectivity index (χ0v) is 18.4. The molecule has 0 aromatic heterocycles. The second-order valence-corrected chi connectivity index (χ2v) is 20.7. The molecule has 144 valence electrons. The molecule has 0 amide bonds. The molecular formula is C14H21ClF6NPSi2. The van der Waals surface area contributed by atoms with Gasteiger partial charge in [-0.3, -0.25) is 0 Å². The number of hydrogen-bond acceptors (Lipinski definition) is 1. The van der Waals surface area contributed by atoms with Gasteiger partial charge >= 0.3 is 12.4 Å². The van der Waals surface area contributed by atoms with Gasteiger partial charge in [0, 0.05) is 5.30 Å². The highest BCUT2D eigenvalue weighted by Gasteiger charge is 2.47. The van der Waals surface area contributed by atoms with Gasteiger partial charge < -0.3 is 4.00 Å². The molecule has 1 aromatic rings. The van der Waals surface area contributed by atoms with Gasteiger partial charge in [0.15, 0.2) is 0 Å². The first-order chi connectivity index (χ1) is 10.9. The van der Waals surface area contributed by atoms with Gasteiger partial charge in [-0.2, -0.15) is 26.3 Å². The maximum absolute atomic E-state index is 13.4. The Morgan fingerprint density at radius 1 is 0.800 bits per heavy atom. The largest absolute Gasteiger partial charge is 0.417 e. The molecule has 1 aromatic carbocycles. The first-order valence-corrected chi connectivity index (χ1v) is 16.5. The van der Waals surface area contributed by atoms with E-state index in [0.717, 1.165) is 6.07 Å². The Balaban J connectivity index is 3.79. The summed E-state index contributed by atoms with van der Waals surface area (Å²) in [6, 6.07) is 2.13. The monoisotopic (exact) mass is 439 g/mol. The van der Waals surface area contributed by atoms with Gasteiger partial charge in [0.1, 0.15) is 16.5 Å². The third-order valence-electron chi connectivity index (χ3n) is 3.28. The zero-order valence-electron chi connectivity index (χ0n) is 14.8. The van der Waals surface area contributed by atoms with Gasteiger partial charge in [0.2, 0.25) is 0 Å². The first kappa shape index (κ1) is 23.0. The quantitative estimate of drug-likeness (QED) is 0.281. The van der Waals surface area contributed by atoms with E-state index in [4.69, 9.17) is 11.2 Å². The molecule has 0 aliphatic carbocycles. The van der Waals surface area contributed by atoms with Crippen LogP contribution in [0.2, 0.25) is 39.3 Å². The molecule has 1 unspecified atom stereocenters. The van der Waals surface area contributed by atoms with Crippen molar-refractivity contribution in [1.29, 1.82) is 0 Å². The van der Waals surface area contributed by atoms with Crippen LogP contribution in [0.25, 0.3) is 0 Å². The fraction of sp³-hybridized carbons (Fsp3) is 0.571. The van der Waals surface area contributed by atoms with Crippen molar-refractivity contribution in [3.63, 3.8) is 0 Å². The summed E-state index contributed by atoms with van der Waals surface area (Å²) in [5.74, 6) is 0. The van der Waals surface area contributed by atoms with Gasteiger partial charge in [-0.1, -0.05) is 56.6 Å². The highest BCUT2D eigenvalue weighted by atomic mass is 35.7. The lowest BCUT2D eigenvalue weighted by molar-refractivity contribution is -0.141. The van der Waals surface area contributed by atoms with Gasteiger partial charge in [0.25, 0.3) is 0 Å². The number of hydrogen-bond donors (Lipinski definition) is 0. The highest BCUT2D eigenvalue weighted by Crippen LogP contribution is 2.55. The minimum absolute atomic E-state index is 0.675. The molecule has 0 radical (unpaired) electrons. The number of alkyl halides is 6. The summed E-state index contributed by atoms with van der Waals surface area (Å²) < 4.78 is 82.3. The van der Waals surface area contributed by atoms with Crippen molar-refractivity contribution in [2.45, 2.75) is 51.6 Å². The second kappa shape index (κ2) is 7.15. The Labute approximate surface area is 152 Å². The molecule has 0 saturated heterocycles. The van der Waals surface area contributed by atoms with E-state index < -0.39 is 52.7 Å². The van der Waals surface area contributed by atoms with Crippen molar-refractivity contribution in [1.82, 2.24) is 4.00 Å². The van der Waals surface area contributed by atoms with Gasteiger partial charge in [-0.25, -0.2) is 0 Å². The van der Waals surface area contributed by atoms with E-state index in [2.05, 4.69) is 0 Å². The summed E-state index contributed by atoms with van der Waals surface area (Å²) in [5, 5.41) is -0.830. The molecule has 1 atom stereocenters. The molecule has 0 saturated carbocycles. The Hall–Kier alpha value is -0.0862. The van der Waals surface area contributed by atoms with Crippen LogP contribution in [-0.4, -0.2) is 20.5 Å². The molecule has 25 heavy (non-hydrogen) atoms. The van der Waals surface area contributed by atoms with Crippen LogP contribution >= 0.6 is 18.7 Å². The van der Waals surface area contributed by atoms with Gasteiger partial charge in [-0.15, -0.1) is 0 Å². The number of rotatable bonds is 4. The average molecular weight is 440 g/mol. The van der Waals surface area contributed by atoms with E-state index in [1.807, 2.05) is 39.3 Å². The van der Waals surface area contributed by atoms with Crippen LogP contribution in [0.1, 0.15) is 11.1 Å². The number of halogens is 7. The number of nitrogens with zero attached hydrogens (tertiary/aromatic N) is 1. The van der Waals surface area contributed by atoms with Crippen LogP contribution in [0.5, 0.6) is 0 Å². The van der Waals surface area contributed by atoms with Gasteiger partial charge in [0.05, 0.1) is 18.6 Å². The molecule has 1 nitrogen and oxygen atoms in total. The Morgan fingerprint density at radius 2 is 1.12 bits per heavy atom. The van der Waals surface area contributed by atoms with E-state index in [1.165, 1.54) is 0 Å². The van der Waals surface area contributed by atoms with Gasteiger partial charge in [-0.05, 0) is 12.1 Å². The van der Waals surface area contributed by atoms with Crippen molar-refractivity contribution in [3.8, 4) is 0 Å². The summed E-state index contributed by atoms with van der Waals surface area (Å²) in [7, 11) is -6.85. The average Bonchev–Trinajstić information content (AvgIpc) is 2.31. The molecule has 11 heteroatoms. The van der Waals surface area contributed by atoms with Crippen LogP contribution in [-0.2, 0) is 12.4 Å². The SMILES string of the molecule is C[Si](C)(C)N(P(Cl)c1c(C(F)(F)F)cccc1C(F)(F)F)[Si](C)(C)C.